The van der Waals surface area contributed by atoms with Crippen LogP contribution in [-0.4, -0.2) is 37.6 Å². The highest BCUT2D eigenvalue weighted by molar-refractivity contribution is 5.83. The van der Waals surface area contributed by atoms with Gasteiger partial charge in [-0.1, -0.05) is 18.2 Å². The average Bonchev–Trinajstić information content (AvgIpc) is 3.11. The van der Waals surface area contributed by atoms with Crippen LogP contribution in [0, 0.1) is 5.82 Å². The van der Waals surface area contributed by atoms with Crippen LogP contribution in [0.15, 0.2) is 48.7 Å². The first-order chi connectivity index (χ1) is 13.6. The predicted molar refractivity (Wildman–Crippen MR) is 108 cm³/mol. The van der Waals surface area contributed by atoms with Crippen LogP contribution in [0.1, 0.15) is 18.1 Å². The Hall–Kier alpha value is -2.86. The molecule has 5 nitrogen and oxygen atoms in total. The van der Waals surface area contributed by atoms with E-state index in [1.165, 1.54) is 24.1 Å². The molecule has 3 aromatic rings. The Labute approximate surface area is 164 Å². The molecule has 3 rings (SSSR count). The fraction of sp³-hybridized carbons (Fsp3) is 0.318. The van der Waals surface area contributed by atoms with E-state index in [0.29, 0.717) is 19.6 Å². The molecule has 1 unspecified atom stereocenters. The van der Waals surface area contributed by atoms with Crippen molar-refractivity contribution in [2.45, 2.75) is 19.9 Å². The van der Waals surface area contributed by atoms with E-state index in [2.05, 4.69) is 16.4 Å². The van der Waals surface area contributed by atoms with Crippen molar-refractivity contribution in [2.75, 3.05) is 26.7 Å². The molecule has 0 saturated heterocycles. The largest absolute Gasteiger partial charge is 0.494 e. The molecule has 1 amide bonds. The normalized spacial score (nSPS) is 12.1. The summed E-state index contributed by atoms with van der Waals surface area (Å²) in [7, 11) is 1.45. The van der Waals surface area contributed by atoms with Crippen molar-refractivity contribution in [3.8, 4) is 5.75 Å². The summed E-state index contributed by atoms with van der Waals surface area (Å²) in [5, 5.41) is 4.19. The average molecular weight is 384 g/mol. The molecular weight excluding hydrogens is 357 g/mol. The number of H-pyrrole nitrogens is 1. The van der Waals surface area contributed by atoms with Crippen molar-refractivity contribution in [1.82, 2.24) is 10.3 Å². The summed E-state index contributed by atoms with van der Waals surface area (Å²) in [5.74, 6) is -0.138. The van der Waals surface area contributed by atoms with E-state index in [1.54, 1.807) is 6.07 Å². The molecule has 1 aromatic heterocycles. The summed E-state index contributed by atoms with van der Waals surface area (Å²) in [6, 6.07) is 13.1. The van der Waals surface area contributed by atoms with Gasteiger partial charge in [0, 0.05) is 29.2 Å². The van der Waals surface area contributed by atoms with Crippen molar-refractivity contribution in [2.24, 2.45) is 0 Å². The van der Waals surface area contributed by atoms with Gasteiger partial charge in [0.05, 0.1) is 13.7 Å². The molecule has 0 aliphatic rings. The molecule has 0 radical (unpaired) electrons. The smallest absolute Gasteiger partial charge is 0.275 e. The van der Waals surface area contributed by atoms with Crippen molar-refractivity contribution in [3.05, 3.63) is 65.6 Å². The van der Waals surface area contributed by atoms with Crippen LogP contribution >= 0.6 is 0 Å². The fourth-order valence-electron chi connectivity index (χ4n) is 3.39. The summed E-state index contributed by atoms with van der Waals surface area (Å²) in [4.78, 5) is 16.7. The molecule has 0 aliphatic heterocycles. The Bertz CT molecular complexity index is 938. The third-order valence-electron chi connectivity index (χ3n) is 4.97. The summed E-state index contributed by atoms with van der Waals surface area (Å²) in [6.07, 6.45) is 2.78. The number of hydrogen-bond acceptors (Lipinski definition) is 2. The van der Waals surface area contributed by atoms with Crippen LogP contribution in [-0.2, 0) is 17.8 Å². The van der Waals surface area contributed by atoms with Crippen LogP contribution in [0.25, 0.3) is 10.9 Å². The second-order valence-electron chi connectivity index (χ2n) is 6.89. The number of halogens is 1. The van der Waals surface area contributed by atoms with Gasteiger partial charge < -0.3 is 19.9 Å². The zero-order valence-electron chi connectivity index (χ0n) is 16.3. The summed E-state index contributed by atoms with van der Waals surface area (Å²) in [5.41, 5.74) is 3.16. The minimum Gasteiger partial charge on any atom is -0.494 e. The van der Waals surface area contributed by atoms with E-state index < -0.39 is 0 Å². The highest BCUT2D eigenvalue weighted by atomic mass is 19.1. The van der Waals surface area contributed by atoms with Crippen molar-refractivity contribution < 1.29 is 18.8 Å². The Balaban J connectivity index is 1.49. The number of para-hydroxylation sites is 1. The van der Waals surface area contributed by atoms with Gasteiger partial charge in [-0.15, -0.1) is 0 Å². The first kappa shape index (κ1) is 19.9. The van der Waals surface area contributed by atoms with Gasteiger partial charge in [0.15, 0.2) is 18.1 Å². The van der Waals surface area contributed by atoms with E-state index in [0.717, 1.165) is 28.9 Å². The molecule has 1 heterocycles. The second-order valence-corrected chi connectivity index (χ2v) is 6.89. The van der Waals surface area contributed by atoms with E-state index in [-0.39, 0.29) is 17.5 Å². The van der Waals surface area contributed by atoms with Crippen LogP contribution < -0.4 is 15.0 Å². The lowest BCUT2D eigenvalue weighted by atomic mass is 10.1. The van der Waals surface area contributed by atoms with Crippen LogP contribution in [0.3, 0.4) is 0 Å². The van der Waals surface area contributed by atoms with E-state index in [9.17, 15) is 9.18 Å². The topological polar surface area (TPSA) is 58.6 Å². The molecule has 0 spiro atoms. The second kappa shape index (κ2) is 9.37. The molecule has 0 aliphatic carbocycles. The number of carbonyl (C=O) groups is 1. The third kappa shape index (κ3) is 4.89. The SMILES string of the molecule is CC[NH+](CC(=O)NCCc1c[nH]c2ccccc12)Cc1ccc(OC)c(F)c1. The van der Waals surface area contributed by atoms with Gasteiger partial charge in [-0.05, 0) is 43.2 Å². The lowest BCUT2D eigenvalue weighted by molar-refractivity contribution is -0.904. The summed E-state index contributed by atoms with van der Waals surface area (Å²) >= 11 is 0. The van der Waals surface area contributed by atoms with E-state index in [4.69, 9.17) is 4.74 Å². The monoisotopic (exact) mass is 384 g/mol. The van der Waals surface area contributed by atoms with Crippen molar-refractivity contribution in [1.29, 1.82) is 0 Å². The molecule has 1 atom stereocenters. The standard InChI is InChI=1S/C22H26FN3O2/c1-3-26(14-16-8-9-21(28-2)19(23)12-16)15-22(27)24-11-10-17-13-25-20-7-5-4-6-18(17)20/h4-9,12-13,25H,3,10-11,14-15H2,1-2H3,(H,24,27)/p+1. The number of nitrogens with one attached hydrogen (secondary N) is 3. The highest BCUT2D eigenvalue weighted by Crippen LogP contribution is 2.18. The number of amides is 1. The highest BCUT2D eigenvalue weighted by Gasteiger charge is 2.14. The van der Waals surface area contributed by atoms with E-state index in [1.807, 2.05) is 37.4 Å². The first-order valence-corrected chi connectivity index (χ1v) is 9.58. The molecular formula is C22H27FN3O2+. The minimum atomic E-state index is -0.376. The first-order valence-electron chi connectivity index (χ1n) is 9.58. The summed E-state index contributed by atoms with van der Waals surface area (Å²) < 4.78 is 18.8. The molecule has 0 bridgehead atoms. The van der Waals surface area contributed by atoms with Crippen molar-refractivity contribution >= 4 is 16.8 Å². The maximum Gasteiger partial charge on any atom is 0.275 e. The van der Waals surface area contributed by atoms with Crippen LogP contribution in [0.4, 0.5) is 4.39 Å². The molecule has 0 fully saturated rings. The number of benzene rings is 2. The lowest BCUT2D eigenvalue weighted by Crippen LogP contribution is -3.11. The number of methoxy groups -OCH3 is 1. The Kier molecular flexibility index (Phi) is 6.66. The van der Waals surface area contributed by atoms with Crippen LogP contribution in [0.2, 0.25) is 0 Å². The molecule has 3 N–H and O–H groups in total. The zero-order valence-corrected chi connectivity index (χ0v) is 16.3. The number of aromatic nitrogens is 1. The third-order valence-corrected chi connectivity index (χ3v) is 4.97. The number of quaternary nitrogens is 1. The molecule has 0 saturated carbocycles. The minimum absolute atomic E-state index is 0.00525. The Morgan fingerprint density at radius 3 is 2.82 bits per heavy atom. The maximum absolute atomic E-state index is 13.9. The van der Waals surface area contributed by atoms with Crippen LogP contribution in [0.5, 0.6) is 5.75 Å². The fourth-order valence-corrected chi connectivity index (χ4v) is 3.39. The van der Waals surface area contributed by atoms with Gasteiger partial charge in [-0.25, -0.2) is 4.39 Å². The number of hydrogen-bond donors (Lipinski definition) is 3. The van der Waals surface area contributed by atoms with Gasteiger partial charge in [0.2, 0.25) is 0 Å². The number of aromatic amines is 1. The number of likely N-dealkylation sites (N-methyl/N-ethyl adjacent to an activating group) is 1. The lowest BCUT2D eigenvalue weighted by Gasteiger charge is -2.17. The van der Waals surface area contributed by atoms with Gasteiger partial charge in [0.25, 0.3) is 5.91 Å². The van der Waals surface area contributed by atoms with Gasteiger partial charge in [0.1, 0.15) is 6.54 Å². The van der Waals surface area contributed by atoms with Crippen molar-refractivity contribution in [3.63, 3.8) is 0 Å². The maximum atomic E-state index is 13.9. The number of carbonyl (C=O) groups excluding carboxylic acids is 1. The Morgan fingerprint density at radius 2 is 2.07 bits per heavy atom. The molecule has 148 valence electrons. The quantitative estimate of drug-likeness (QED) is 0.529. The predicted octanol–water partition coefficient (Wildman–Crippen LogP) is 2.08. The molecule has 6 heteroatoms. The summed E-state index contributed by atoms with van der Waals surface area (Å²) in [6.45, 7) is 4.35. The van der Waals surface area contributed by atoms with Gasteiger partial charge >= 0.3 is 0 Å². The van der Waals surface area contributed by atoms with Gasteiger partial charge in [-0.3, -0.25) is 4.79 Å². The van der Waals surface area contributed by atoms with Gasteiger partial charge in [-0.2, -0.15) is 0 Å². The van der Waals surface area contributed by atoms with E-state index >= 15 is 0 Å². The molecule has 2 aromatic carbocycles. The number of fused-ring (bicyclic) bond motifs is 1. The Morgan fingerprint density at radius 1 is 1.25 bits per heavy atom. The number of ether oxygens (including phenoxy) is 1. The zero-order chi connectivity index (χ0) is 19.9. The number of rotatable bonds is 9. The molecule has 28 heavy (non-hydrogen) atoms.